The third-order valence-corrected chi connectivity index (χ3v) is 5.79. The monoisotopic (exact) mass is 521 g/mol. The quantitative estimate of drug-likeness (QED) is 0.383. The van der Waals surface area contributed by atoms with Gasteiger partial charge in [-0.25, -0.2) is 4.79 Å². The van der Waals surface area contributed by atoms with Gasteiger partial charge in [-0.3, -0.25) is 14.5 Å². The molecule has 0 unspecified atom stereocenters. The lowest BCUT2D eigenvalue weighted by Crippen LogP contribution is -2.35. The van der Waals surface area contributed by atoms with Gasteiger partial charge < -0.3 is 19.7 Å². The largest absolute Gasteiger partial charge is 0.494 e. The lowest BCUT2D eigenvalue weighted by Gasteiger charge is -2.19. The zero-order chi connectivity index (χ0) is 27.3. The van der Waals surface area contributed by atoms with Gasteiger partial charge in [-0.2, -0.15) is 5.10 Å². The summed E-state index contributed by atoms with van der Waals surface area (Å²) in [4.78, 5) is 29.4. The fraction of sp³-hybridized carbons (Fsp3) is 0.448. The first kappa shape index (κ1) is 28.7. The Bertz CT molecular complexity index is 1190. The predicted molar refractivity (Wildman–Crippen MR) is 148 cm³/mol. The summed E-state index contributed by atoms with van der Waals surface area (Å²) in [5.74, 6) is 0.760. The fourth-order valence-electron chi connectivity index (χ4n) is 4.04. The van der Waals surface area contributed by atoms with Gasteiger partial charge in [-0.1, -0.05) is 32.9 Å². The van der Waals surface area contributed by atoms with Crippen molar-refractivity contribution in [1.82, 2.24) is 25.0 Å². The zero-order valence-corrected chi connectivity index (χ0v) is 22.9. The standard InChI is InChI=1S/C20H20N4O2.C9H19NO2/c1-2-10-26-16-5-3-4-14(11-16)17-12-15(6-7-21-17)18-13-19-20(25)22-8-9-24(19)23-18;1-4-7-10(8-5-2)9(11)12-6-3/h3-7,11-13H,2,8-10H2,1H3,(H,22,25);4-8H2,1-3H3. The molecule has 204 valence electrons. The molecular weight excluding hydrogens is 482 g/mol. The Hall–Kier alpha value is -3.88. The van der Waals surface area contributed by atoms with E-state index in [1.54, 1.807) is 15.8 Å². The van der Waals surface area contributed by atoms with Crippen LogP contribution in [0.2, 0.25) is 0 Å². The van der Waals surface area contributed by atoms with Crippen LogP contribution in [0.4, 0.5) is 4.79 Å². The van der Waals surface area contributed by atoms with Gasteiger partial charge in [0.1, 0.15) is 11.4 Å². The van der Waals surface area contributed by atoms with Crippen molar-refractivity contribution in [2.45, 2.75) is 53.5 Å². The number of hydrogen-bond acceptors (Lipinski definition) is 6. The van der Waals surface area contributed by atoms with Crippen LogP contribution in [0.1, 0.15) is 57.4 Å². The molecule has 0 aliphatic carbocycles. The van der Waals surface area contributed by atoms with E-state index in [2.05, 4.69) is 36.2 Å². The number of hydrogen-bond donors (Lipinski definition) is 1. The maximum absolute atomic E-state index is 11.9. The second kappa shape index (κ2) is 14.8. The Morgan fingerprint density at radius 1 is 1.00 bits per heavy atom. The van der Waals surface area contributed by atoms with E-state index in [-0.39, 0.29) is 12.0 Å². The lowest BCUT2D eigenvalue weighted by atomic mass is 10.1. The molecule has 3 heterocycles. The van der Waals surface area contributed by atoms with Crippen LogP contribution >= 0.6 is 0 Å². The molecule has 1 aliphatic heterocycles. The maximum Gasteiger partial charge on any atom is 0.409 e. The molecule has 0 atom stereocenters. The highest BCUT2D eigenvalue weighted by molar-refractivity contribution is 5.94. The van der Waals surface area contributed by atoms with Crippen molar-refractivity contribution in [2.75, 3.05) is 32.8 Å². The van der Waals surface area contributed by atoms with E-state index in [0.717, 1.165) is 60.6 Å². The first-order chi connectivity index (χ1) is 18.5. The normalized spacial score (nSPS) is 12.1. The van der Waals surface area contributed by atoms with E-state index >= 15 is 0 Å². The summed E-state index contributed by atoms with van der Waals surface area (Å²) >= 11 is 0. The summed E-state index contributed by atoms with van der Waals surface area (Å²) in [6.07, 6.45) is 4.53. The van der Waals surface area contributed by atoms with Crippen molar-refractivity contribution in [3.63, 3.8) is 0 Å². The summed E-state index contributed by atoms with van der Waals surface area (Å²) in [5, 5.41) is 7.40. The Morgan fingerprint density at radius 2 is 1.76 bits per heavy atom. The molecule has 1 aliphatic rings. The smallest absolute Gasteiger partial charge is 0.409 e. The summed E-state index contributed by atoms with van der Waals surface area (Å²) in [6, 6.07) is 13.6. The highest BCUT2D eigenvalue weighted by atomic mass is 16.6. The van der Waals surface area contributed by atoms with Crippen molar-refractivity contribution in [3.8, 4) is 28.3 Å². The number of nitrogens with one attached hydrogen (secondary N) is 1. The second-order valence-corrected chi connectivity index (χ2v) is 8.89. The van der Waals surface area contributed by atoms with E-state index < -0.39 is 0 Å². The number of nitrogens with zero attached hydrogens (tertiary/aromatic N) is 4. The Kier molecular flexibility index (Phi) is 11.1. The van der Waals surface area contributed by atoms with Crippen molar-refractivity contribution >= 4 is 12.0 Å². The highest BCUT2D eigenvalue weighted by Gasteiger charge is 2.20. The van der Waals surface area contributed by atoms with Crippen molar-refractivity contribution < 1.29 is 19.1 Å². The number of carbonyl (C=O) groups is 2. The molecular formula is C29H39N5O4. The first-order valence-electron chi connectivity index (χ1n) is 13.5. The molecule has 2 aromatic heterocycles. The molecule has 1 N–H and O–H groups in total. The lowest BCUT2D eigenvalue weighted by molar-refractivity contribution is 0.0924. The van der Waals surface area contributed by atoms with Gasteiger partial charge in [0.2, 0.25) is 0 Å². The van der Waals surface area contributed by atoms with Crippen LogP contribution in [0.5, 0.6) is 5.75 Å². The minimum Gasteiger partial charge on any atom is -0.494 e. The number of rotatable bonds is 10. The second-order valence-electron chi connectivity index (χ2n) is 8.89. The van der Waals surface area contributed by atoms with E-state index in [4.69, 9.17) is 9.47 Å². The molecule has 0 radical (unpaired) electrons. The number of fused-ring (bicyclic) bond motifs is 1. The third-order valence-electron chi connectivity index (χ3n) is 5.79. The maximum atomic E-state index is 11.9. The topological polar surface area (TPSA) is 98.6 Å². The molecule has 0 saturated heterocycles. The van der Waals surface area contributed by atoms with E-state index in [0.29, 0.717) is 32.0 Å². The summed E-state index contributed by atoms with van der Waals surface area (Å²) < 4.78 is 12.4. The van der Waals surface area contributed by atoms with Crippen LogP contribution < -0.4 is 10.1 Å². The van der Waals surface area contributed by atoms with Gasteiger partial charge in [0.25, 0.3) is 5.91 Å². The van der Waals surface area contributed by atoms with Crippen LogP contribution in [-0.4, -0.2) is 64.5 Å². The van der Waals surface area contributed by atoms with Crippen molar-refractivity contribution in [1.29, 1.82) is 0 Å². The molecule has 0 fully saturated rings. The molecule has 38 heavy (non-hydrogen) atoms. The van der Waals surface area contributed by atoms with Crippen LogP contribution in [0.3, 0.4) is 0 Å². The Morgan fingerprint density at radius 3 is 2.45 bits per heavy atom. The Labute approximate surface area is 225 Å². The van der Waals surface area contributed by atoms with Crippen LogP contribution in [0.15, 0.2) is 48.7 Å². The van der Waals surface area contributed by atoms with Gasteiger partial charge in [0.05, 0.1) is 31.1 Å². The highest BCUT2D eigenvalue weighted by Crippen LogP contribution is 2.27. The average molecular weight is 522 g/mol. The van der Waals surface area contributed by atoms with Crippen LogP contribution in [0.25, 0.3) is 22.5 Å². The molecule has 9 nitrogen and oxygen atoms in total. The molecule has 0 saturated carbocycles. The zero-order valence-electron chi connectivity index (χ0n) is 22.9. The first-order valence-corrected chi connectivity index (χ1v) is 13.5. The molecule has 4 rings (SSSR count). The van der Waals surface area contributed by atoms with E-state index in [1.165, 1.54) is 0 Å². The minimum absolute atomic E-state index is 0.0787. The average Bonchev–Trinajstić information content (AvgIpc) is 3.39. The van der Waals surface area contributed by atoms with Crippen LogP contribution in [-0.2, 0) is 11.3 Å². The Balaban J connectivity index is 0.000000284. The number of ether oxygens (including phenoxy) is 2. The fourth-order valence-corrected chi connectivity index (χ4v) is 4.04. The number of benzene rings is 1. The molecule has 0 spiro atoms. The van der Waals surface area contributed by atoms with Gasteiger partial charge >= 0.3 is 6.09 Å². The summed E-state index contributed by atoms with van der Waals surface area (Å²) in [6.45, 7) is 12.1. The number of pyridine rings is 1. The minimum atomic E-state index is -0.179. The number of aromatic nitrogens is 3. The van der Waals surface area contributed by atoms with Gasteiger partial charge in [-0.15, -0.1) is 0 Å². The van der Waals surface area contributed by atoms with Gasteiger partial charge in [0, 0.05) is 37.0 Å². The molecule has 0 bridgehead atoms. The summed E-state index contributed by atoms with van der Waals surface area (Å²) in [5.41, 5.74) is 4.14. The number of amides is 2. The van der Waals surface area contributed by atoms with Gasteiger partial charge in [-0.05, 0) is 56.5 Å². The predicted octanol–water partition coefficient (Wildman–Crippen LogP) is 5.41. The molecule has 1 aromatic carbocycles. The molecule has 2 amide bonds. The van der Waals surface area contributed by atoms with Gasteiger partial charge in [0.15, 0.2) is 0 Å². The van der Waals surface area contributed by atoms with Crippen LogP contribution in [0, 0.1) is 0 Å². The molecule has 3 aromatic rings. The number of carbonyl (C=O) groups excluding carboxylic acids is 2. The summed E-state index contributed by atoms with van der Waals surface area (Å²) in [7, 11) is 0. The third kappa shape index (κ3) is 7.81. The van der Waals surface area contributed by atoms with Crippen molar-refractivity contribution in [2.24, 2.45) is 0 Å². The van der Waals surface area contributed by atoms with Crippen molar-refractivity contribution in [3.05, 3.63) is 54.4 Å². The van der Waals surface area contributed by atoms with E-state index in [1.807, 2.05) is 49.4 Å². The molecule has 9 heteroatoms. The SMILES string of the molecule is CCCN(CCC)C(=O)OCC.CCCOc1cccc(-c2cc(-c3cc4n(n3)CCNC4=O)ccn2)c1. The van der Waals surface area contributed by atoms with E-state index in [9.17, 15) is 9.59 Å².